The smallest absolute Gasteiger partial charge is 0.282 e. The number of amidine groups is 1. The van der Waals surface area contributed by atoms with Gasteiger partial charge in [0.1, 0.15) is 0 Å². The number of carbonyl (C=O) groups excluding carboxylic acids is 1. The molecule has 0 radical (unpaired) electrons. The van der Waals surface area contributed by atoms with Crippen molar-refractivity contribution in [3.63, 3.8) is 0 Å². The van der Waals surface area contributed by atoms with E-state index in [2.05, 4.69) is 5.10 Å². The van der Waals surface area contributed by atoms with Gasteiger partial charge in [-0.3, -0.25) is 14.9 Å². The van der Waals surface area contributed by atoms with Gasteiger partial charge in [0.25, 0.3) is 11.6 Å². The van der Waals surface area contributed by atoms with E-state index in [0.717, 1.165) is 5.56 Å². The molecule has 1 fully saturated rings. The van der Waals surface area contributed by atoms with Gasteiger partial charge in [-0.25, -0.2) is 0 Å². The summed E-state index contributed by atoms with van der Waals surface area (Å²) in [7, 11) is 3.11. The number of hydrogen-bond donors (Lipinski definition) is 0. The van der Waals surface area contributed by atoms with Gasteiger partial charge in [0.2, 0.25) is 0 Å². The highest BCUT2D eigenvalue weighted by Gasteiger charge is 2.35. The Balaban J connectivity index is 1.73. The minimum absolute atomic E-state index is 0.0566. The fraction of sp³-hybridized carbons (Fsp3) is 0.273. The van der Waals surface area contributed by atoms with Crippen LogP contribution in [0.1, 0.15) is 5.56 Å². The highest BCUT2D eigenvalue weighted by atomic mass is 16.6. The molecule has 2 heterocycles. The predicted molar refractivity (Wildman–Crippen MR) is 118 cm³/mol. The third-order valence-electron chi connectivity index (χ3n) is 5.19. The van der Waals surface area contributed by atoms with Crippen LogP contribution < -0.4 is 14.5 Å². The van der Waals surface area contributed by atoms with Crippen molar-refractivity contribution in [2.75, 3.05) is 45.5 Å². The zero-order valence-corrected chi connectivity index (χ0v) is 17.7. The summed E-state index contributed by atoms with van der Waals surface area (Å²) in [5, 5.41) is 16.8. The van der Waals surface area contributed by atoms with Crippen molar-refractivity contribution in [1.82, 2.24) is 4.90 Å². The molecule has 10 heteroatoms. The highest BCUT2D eigenvalue weighted by molar-refractivity contribution is 6.32. The molecule has 0 unspecified atom stereocenters. The van der Waals surface area contributed by atoms with E-state index >= 15 is 0 Å². The van der Waals surface area contributed by atoms with Crippen LogP contribution in [0, 0.1) is 10.1 Å². The second-order valence-electron chi connectivity index (χ2n) is 7.09. The van der Waals surface area contributed by atoms with Gasteiger partial charge in [-0.2, -0.15) is 5.01 Å². The molecule has 0 aliphatic carbocycles. The Morgan fingerprint density at radius 2 is 1.75 bits per heavy atom. The van der Waals surface area contributed by atoms with E-state index in [1.165, 1.54) is 29.3 Å². The molecule has 2 aromatic rings. The lowest BCUT2D eigenvalue weighted by Crippen LogP contribution is -2.41. The SMILES string of the molecule is COc1ccc(C=C2C(=O)N(c3ccc([N+](=O)[O-])cc3)N=C2N2CCOCC2)cc1OC. The van der Waals surface area contributed by atoms with Crippen LogP contribution in [0.15, 0.2) is 53.1 Å². The number of hydrazone groups is 1. The summed E-state index contributed by atoms with van der Waals surface area (Å²) in [4.78, 5) is 25.8. The molecule has 2 aromatic carbocycles. The molecule has 0 spiro atoms. The summed E-state index contributed by atoms with van der Waals surface area (Å²) in [5.74, 6) is 1.34. The zero-order valence-electron chi connectivity index (χ0n) is 17.7. The second kappa shape index (κ2) is 9.06. The maximum absolute atomic E-state index is 13.4. The number of anilines is 1. The Bertz CT molecular complexity index is 1090. The van der Waals surface area contributed by atoms with Crippen molar-refractivity contribution in [2.24, 2.45) is 5.10 Å². The lowest BCUT2D eigenvalue weighted by molar-refractivity contribution is -0.384. The van der Waals surface area contributed by atoms with Crippen molar-refractivity contribution in [3.05, 3.63) is 63.7 Å². The first kappa shape index (κ1) is 21.3. The first-order valence-electron chi connectivity index (χ1n) is 9.96. The topological polar surface area (TPSA) is 107 Å². The van der Waals surface area contributed by atoms with Gasteiger partial charge in [-0.1, -0.05) is 6.07 Å². The molecule has 0 saturated carbocycles. The summed E-state index contributed by atoms with van der Waals surface area (Å²) < 4.78 is 16.1. The van der Waals surface area contributed by atoms with E-state index in [1.54, 1.807) is 32.4 Å². The average molecular weight is 438 g/mol. The largest absolute Gasteiger partial charge is 0.493 e. The van der Waals surface area contributed by atoms with Crippen molar-refractivity contribution in [1.29, 1.82) is 0 Å². The summed E-state index contributed by atoms with van der Waals surface area (Å²) in [6, 6.07) is 11.1. The number of non-ortho nitro benzene ring substituents is 1. The van der Waals surface area contributed by atoms with Crippen LogP contribution in [-0.2, 0) is 9.53 Å². The number of nitro benzene ring substituents is 1. The fourth-order valence-electron chi connectivity index (χ4n) is 3.54. The third kappa shape index (κ3) is 4.12. The van der Waals surface area contributed by atoms with Gasteiger partial charge in [-0.15, -0.1) is 5.10 Å². The zero-order chi connectivity index (χ0) is 22.7. The molecule has 166 valence electrons. The van der Waals surface area contributed by atoms with E-state index < -0.39 is 4.92 Å². The number of amides is 1. The highest BCUT2D eigenvalue weighted by Crippen LogP contribution is 2.31. The van der Waals surface area contributed by atoms with Gasteiger partial charge in [-0.05, 0) is 35.9 Å². The molecule has 0 aromatic heterocycles. The summed E-state index contributed by atoms with van der Waals surface area (Å²) >= 11 is 0. The normalized spacial score (nSPS) is 17.5. The van der Waals surface area contributed by atoms with Crippen LogP contribution in [0.25, 0.3) is 6.08 Å². The maximum atomic E-state index is 13.4. The summed E-state index contributed by atoms with van der Waals surface area (Å²) in [5.41, 5.74) is 1.55. The molecule has 4 rings (SSSR count). The van der Waals surface area contributed by atoms with Crippen LogP contribution in [0.4, 0.5) is 11.4 Å². The monoisotopic (exact) mass is 438 g/mol. The van der Waals surface area contributed by atoms with Crippen LogP contribution >= 0.6 is 0 Å². The van der Waals surface area contributed by atoms with E-state index in [-0.39, 0.29) is 11.6 Å². The van der Waals surface area contributed by atoms with Gasteiger partial charge in [0.05, 0.1) is 43.6 Å². The summed E-state index contributed by atoms with van der Waals surface area (Å²) in [6.07, 6.45) is 1.75. The Morgan fingerprint density at radius 1 is 1.06 bits per heavy atom. The van der Waals surface area contributed by atoms with Gasteiger partial charge in [0.15, 0.2) is 17.3 Å². The number of benzene rings is 2. The minimum atomic E-state index is -0.486. The van der Waals surface area contributed by atoms with Gasteiger partial charge in [0, 0.05) is 25.2 Å². The standard InChI is InChI=1S/C22H22N4O6/c1-30-19-8-3-15(14-20(19)31-2)13-18-21(24-9-11-32-12-10-24)23-25(22(18)27)16-4-6-17(7-5-16)26(28)29/h3-8,13-14H,9-12H2,1-2H3. The maximum Gasteiger partial charge on any atom is 0.282 e. The lowest BCUT2D eigenvalue weighted by Gasteiger charge is -2.28. The van der Waals surface area contributed by atoms with E-state index in [9.17, 15) is 14.9 Å². The Hall–Kier alpha value is -3.92. The van der Waals surface area contributed by atoms with Crippen LogP contribution in [0.2, 0.25) is 0 Å². The average Bonchev–Trinajstić information content (AvgIpc) is 3.15. The first-order chi connectivity index (χ1) is 15.5. The molecule has 0 bridgehead atoms. The molecule has 1 amide bonds. The van der Waals surface area contributed by atoms with Crippen LogP contribution in [0.5, 0.6) is 11.5 Å². The number of nitrogens with zero attached hydrogens (tertiary/aromatic N) is 4. The van der Waals surface area contributed by atoms with Gasteiger partial charge >= 0.3 is 0 Å². The van der Waals surface area contributed by atoms with Crippen molar-refractivity contribution in [3.8, 4) is 11.5 Å². The second-order valence-corrected chi connectivity index (χ2v) is 7.09. The van der Waals surface area contributed by atoms with E-state index in [0.29, 0.717) is 54.9 Å². The van der Waals surface area contributed by atoms with Crippen molar-refractivity contribution >= 4 is 29.2 Å². The minimum Gasteiger partial charge on any atom is -0.493 e. The molecule has 2 aliphatic heterocycles. The number of morpholine rings is 1. The molecule has 32 heavy (non-hydrogen) atoms. The Kier molecular flexibility index (Phi) is 6.04. The third-order valence-corrected chi connectivity index (χ3v) is 5.19. The fourth-order valence-corrected chi connectivity index (χ4v) is 3.54. The molecule has 10 nitrogen and oxygen atoms in total. The van der Waals surface area contributed by atoms with Crippen LogP contribution in [-0.4, -0.2) is 62.1 Å². The van der Waals surface area contributed by atoms with Crippen molar-refractivity contribution in [2.45, 2.75) is 0 Å². The first-order valence-corrected chi connectivity index (χ1v) is 9.96. The molecular formula is C22H22N4O6. The number of methoxy groups -OCH3 is 2. The Morgan fingerprint density at radius 3 is 2.38 bits per heavy atom. The van der Waals surface area contributed by atoms with Crippen molar-refractivity contribution < 1.29 is 23.9 Å². The lowest BCUT2D eigenvalue weighted by atomic mass is 10.1. The molecule has 1 saturated heterocycles. The Labute approximate surface area is 184 Å². The van der Waals surface area contributed by atoms with Gasteiger partial charge < -0.3 is 19.1 Å². The number of hydrogen-bond acceptors (Lipinski definition) is 8. The number of rotatable bonds is 5. The molecule has 0 N–H and O–H groups in total. The molecule has 0 atom stereocenters. The predicted octanol–water partition coefficient (Wildman–Crippen LogP) is 2.69. The molecule has 2 aliphatic rings. The number of carbonyl (C=O) groups is 1. The summed E-state index contributed by atoms with van der Waals surface area (Å²) in [6.45, 7) is 2.27. The van der Waals surface area contributed by atoms with E-state index in [4.69, 9.17) is 14.2 Å². The number of nitro groups is 1. The van der Waals surface area contributed by atoms with Crippen LogP contribution in [0.3, 0.4) is 0 Å². The van der Waals surface area contributed by atoms with E-state index in [1.807, 2.05) is 11.0 Å². The quantitative estimate of drug-likeness (QED) is 0.401. The number of ether oxygens (including phenoxy) is 3. The molecular weight excluding hydrogens is 416 g/mol.